The van der Waals surface area contributed by atoms with Crippen LogP contribution in [0.5, 0.6) is 0 Å². The van der Waals surface area contributed by atoms with Crippen molar-refractivity contribution in [1.29, 1.82) is 5.41 Å². The van der Waals surface area contributed by atoms with Crippen LogP contribution in [-0.2, 0) is 28.0 Å². The van der Waals surface area contributed by atoms with Crippen molar-refractivity contribution < 1.29 is 14.4 Å². The zero-order valence-electron chi connectivity index (χ0n) is 25.6. The van der Waals surface area contributed by atoms with Crippen LogP contribution < -0.4 is 37.9 Å². The molecule has 1 aliphatic carbocycles. The maximum Gasteiger partial charge on any atom is 0.271 e. The van der Waals surface area contributed by atoms with E-state index in [2.05, 4.69) is 31.6 Å². The first-order valence-electron chi connectivity index (χ1n) is 14.4. The Kier molecular flexibility index (Phi) is 10.2. The lowest BCUT2D eigenvalue weighted by Gasteiger charge is -2.24. The summed E-state index contributed by atoms with van der Waals surface area (Å²) in [6.45, 7) is 4.15. The van der Waals surface area contributed by atoms with Gasteiger partial charge in [0, 0.05) is 68.0 Å². The molecule has 0 bridgehead atoms. The summed E-state index contributed by atoms with van der Waals surface area (Å²) in [5, 5.41) is 23.4. The highest BCUT2D eigenvalue weighted by Crippen LogP contribution is 2.33. The van der Waals surface area contributed by atoms with Gasteiger partial charge in [0.15, 0.2) is 5.94 Å². The molecule has 4 rings (SSSR count). The van der Waals surface area contributed by atoms with Crippen LogP contribution in [-0.4, -0.2) is 40.9 Å². The summed E-state index contributed by atoms with van der Waals surface area (Å²) in [5.41, 5.74) is 9.61. The smallest absolute Gasteiger partial charge is 0.271 e. The minimum atomic E-state index is -0.642. The number of carbonyl (C=O) groups excluding carboxylic acids is 3. The number of carbonyl (C=O) groups is 2. The van der Waals surface area contributed by atoms with Crippen LogP contribution in [0.15, 0.2) is 81.9 Å². The van der Waals surface area contributed by atoms with Crippen LogP contribution in [0.2, 0.25) is 0 Å². The van der Waals surface area contributed by atoms with Gasteiger partial charge < -0.3 is 36.9 Å². The lowest BCUT2D eigenvalue weighted by Crippen LogP contribution is -2.31. The fourth-order valence-corrected chi connectivity index (χ4v) is 4.66. The van der Waals surface area contributed by atoms with E-state index in [-0.39, 0.29) is 52.8 Å². The molecule has 1 saturated carbocycles. The molecule has 2 aromatic rings. The minimum absolute atomic E-state index is 0.0183. The SMILES string of the molecule is CNC(=O)C(=N)/C(=C\C(N)=NC(=O)C1CC1)Nc1cccc(C2=CNC(C(=C=O)NCc3cccn(C)c3=O)=CN2)c1C(C)C. The van der Waals surface area contributed by atoms with E-state index in [1.165, 1.54) is 17.7 Å². The Hall–Kier alpha value is -5.68. The number of nitrogens with zero attached hydrogens (tertiary/aromatic N) is 2. The molecule has 2 amide bonds. The molecule has 13 nitrogen and oxygen atoms in total. The fourth-order valence-electron chi connectivity index (χ4n) is 4.66. The number of hydrogen-bond acceptors (Lipinski definition) is 9. The predicted octanol–water partition coefficient (Wildman–Crippen LogP) is 1.70. The summed E-state index contributed by atoms with van der Waals surface area (Å²) >= 11 is 0. The predicted molar refractivity (Wildman–Crippen MR) is 173 cm³/mol. The van der Waals surface area contributed by atoms with Gasteiger partial charge in [0.25, 0.3) is 17.4 Å². The zero-order valence-corrected chi connectivity index (χ0v) is 25.6. The van der Waals surface area contributed by atoms with Gasteiger partial charge in [-0.3, -0.25) is 19.8 Å². The number of nitrogens with one attached hydrogen (secondary N) is 6. The average Bonchev–Trinajstić information content (AvgIpc) is 3.88. The van der Waals surface area contributed by atoms with Crippen molar-refractivity contribution in [3.63, 3.8) is 0 Å². The van der Waals surface area contributed by atoms with Crippen LogP contribution in [0.3, 0.4) is 0 Å². The van der Waals surface area contributed by atoms with Crippen molar-refractivity contribution in [1.82, 2.24) is 25.8 Å². The van der Waals surface area contributed by atoms with Crippen molar-refractivity contribution in [3.05, 3.63) is 99.1 Å². The van der Waals surface area contributed by atoms with Gasteiger partial charge in [-0.05, 0) is 36.5 Å². The number of anilines is 1. The first kappa shape index (κ1) is 32.2. The lowest BCUT2D eigenvalue weighted by atomic mass is 9.93. The molecule has 1 aromatic heterocycles. The largest absolute Gasteiger partial charge is 0.384 e. The lowest BCUT2D eigenvalue weighted by molar-refractivity contribution is -0.119. The van der Waals surface area contributed by atoms with Crippen molar-refractivity contribution in [2.24, 2.45) is 23.7 Å². The quantitative estimate of drug-likeness (QED) is 0.106. The second-order valence-electron chi connectivity index (χ2n) is 10.9. The monoisotopic (exact) mass is 611 g/mol. The number of amides is 2. The number of pyridine rings is 1. The number of aryl methyl sites for hydroxylation is 1. The Morgan fingerprint density at radius 3 is 2.58 bits per heavy atom. The number of rotatable bonds is 12. The zero-order chi connectivity index (χ0) is 32.7. The number of hydrogen-bond donors (Lipinski definition) is 7. The molecule has 1 aliphatic heterocycles. The number of benzene rings is 1. The number of amidine groups is 1. The summed E-state index contributed by atoms with van der Waals surface area (Å²) in [5.74, 6) is 0.680. The summed E-state index contributed by atoms with van der Waals surface area (Å²) in [6.07, 6.45) is 7.85. The van der Waals surface area contributed by atoms with Crippen LogP contribution >= 0.6 is 0 Å². The summed E-state index contributed by atoms with van der Waals surface area (Å²) < 4.78 is 1.46. The molecule has 0 spiro atoms. The Morgan fingerprint density at radius 2 is 1.96 bits per heavy atom. The highest BCUT2D eigenvalue weighted by atomic mass is 16.2. The molecule has 0 saturated heterocycles. The highest BCUT2D eigenvalue weighted by Gasteiger charge is 2.29. The van der Waals surface area contributed by atoms with Gasteiger partial charge in [-0.15, -0.1) is 0 Å². The Labute approximate surface area is 260 Å². The van der Waals surface area contributed by atoms with Gasteiger partial charge in [0.2, 0.25) is 0 Å². The van der Waals surface area contributed by atoms with Crippen LogP contribution in [0.4, 0.5) is 5.69 Å². The van der Waals surface area contributed by atoms with Crippen LogP contribution in [0.1, 0.15) is 49.3 Å². The maximum absolute atomic E-state index is 12.4. The van der Waals surface area contributed by atoms with Gasteiger partial charge in [-0.1, -0.05) is 32.0 Å². The number of aliphatic imine (C=N–C) groups is 1. The molecule has 2 heterocycles. The van der Waals surface area contributed by atoms with Crippen molar-refractivity contribution in [3.8, 4) is 0 Å². The van der Waals surface area contributed by atoms with Gasteiger partial charge in [0.05, 0.1) is 17.1 Å². The van der Waals surface area contributed by atoms with Gasteiger partial charge in [-0.25, -0.2) is 4.79 Å². The van der Waals surface area contributed by atoms with E-state index in [1.807, 2.05) is 38.0 Å². The molecule has 2 aliphatic rings. The molecule has 0 atom stereocenters. The molecular formula is C32H37N9O4. The van der Waals surface area contributed by atoms with Crippen molar-refractivity contribution in [2.45, 2.75) is 39.2 Å². The van der Waals surface area contributed by atoms with Crippen molar-refractivity contribution in [2.75, 3.05) is 12.4 Å². The van der Waals surface area contributed by atoms with E-state index in [0.717, 1.165) is 24.0 Å². The number of aromatic nitrogens is 1. The van der Waals surface area contributed by atoms with Gasteiger partial charge in [0.1, 0.15) is 17.2 Å². The molecule has 45 heavy (non-hydrogen) atoms. The average molecular weight is 612 g/mol. The molecule has 1 fully saturated rings. The van der Waals surface area contributed by atoms with Gasteiger partial charge >= 0.3 is 0 Å². The Balaban J connectivity index is 1.58. The minimum Gasteiger partial charge on any atom is -0.384 e. The molecule has 13 heteroatoms. The van der Waals surface area contributed by atoms with Crippen LogP contribution in [0, 0.1) is 11.3 Å². The fraction of sp³-hybridized carbons (Fsp3) is 0.281. The maximum atomic E-state index is 12.4. The summed E-state index contributed by atoms with van der Waals surface area (Å²) in [7, 11) is 3.08. The summed E-state index contributed by atoms with van der Waals surface area (Å²) in [4.78, 5) is 52.6. The Bertz CT molecular complexity index is 1750. The first-order valence-corrected chi connectivity index (χ1v) is 14.4. The number of nitrogens with two attached hydrogens (primary N) is 1. The first-order chi connectivity index (χ1) is 21.5. The summed E-state index contributed by atoms with van der Waals surface area (Å²) in [6, 6.07) is 8.99. The molecule has 0 unspecified atom stereocenters. The third kappa shape index (κ3) is 7.84. The third-order valence-electron chi connectivity index (χ3n) is 7.20. The topological polar surface area (TPSA) is 196 Å². The van der Waals surface area contributed by atoms with E-state index in [4.69, 9.17) is 11.1 Å². The van der Waals surface area contributed by atoms with E-state index in [9.17, 15) is 19.2 Å². The molecule has 8 N–H and O–H groups in total. The van der Waals surface area contributed by atoms with E-state index in [1.54, 1.807) is 37.8 Å². The van der Waals surface area contributed by atoms with E-state index in [0.29, 0.717) is 22.6 Å². The molecule has 0 radical (unpaired) electrons. The van der Waals surface area contributed by atoms with E-state index < -0.39 is 5.91 Å². The second kappa shape index (κ2) is 14.2. The van der Waals surface area contributed by atoms with Crippen LogP contribution in [0.25, 0.3) is 5.70 Å². The third-order valence-corrected chi connectivity index (χ3v) is 7.20. The molecular weight excluding hydrogens is 574 g/mol. The standard InChI is InChI=1S/C32H37N9O4/c1-18(2)28-21(24-15-38-25(16-37-24)26(17-42)36-14-20-7-6-12-41(4)32(20)45)8-5-9-22(28)39-23(29(34)31(44)35-3)13-27(33)40-30(43)19-10-11-19/h5-9,12-13,15-16,18-19,34,36-39H,10-11,14H2,1-4H3,(H,35,44)(H2,33,40,43)/b23-13+,34-29?. The molecule has 234 valence electrons. The second-order valence-corrected chi connectivity index (χ2v) is 10.9. The highest BCUT2D eigenvalue weighted by molar-refractivity contribution is 6.45. The molecule has 1 aromatic carbocycles. The Morgan fingerprint density at radius 1 is 1.20 bits per heavy atom. The van der Waals surface area contributed by atoms with Gasteiger partial charge in [-0.2, -0.15) is 4.99 Å². The van der Waals surface area contributed by atoms with E-state index >= 15 is 0 Å². The normalized spacial score (nSPS) is 14.7. The van der Waals surface area contributed by atoms with Crippen molar-refractivity contribution >= 4 is 40.7 Å².